The van der Waals surface area contributed by atoms with Crippen LogP contribution in [0.25, 0.3) is 6.08 Å². The van der Waals surface area contributed by atoms with Gasteiger partial charge in [-0.3, -0.25) is 4.79 Å². The lowest BCUT2D eigenvalue weighted by molar-refractivity contribution is -0.113. The van der Waals surface area contributed by atoms with Crippen molar-refractivity contribution >= 4 is 12.0 Å². The minimum absolute atomic E-state index is 0.442. The average Bonchev–Trinajstić information content (AvgIpc) is 2.18. The zero-order valence-corrected chi connectivity index (χ0v) is 9.20. The van der Waals surface area contributed by atoms with Crippen molar-refractivity contribution in [1.82, 2.24) is 0 Å². The molecule has 3 heteroatoms. The van der Waals surface area contributed by atoms with E-state index in [2.05, 4.69) is 0 Å². The highest BCUT2D eigenvalue weighted by molar-refractivity contribution is 5.90. The maximum atomic E-state index is 10.6. The Bertz CT molecular complexity index is 408. The molecular weight excluding hydrogens is 190 g/mol. The lowest BCUT2D eigenvalue weighted by atomic mass is 10.0. The first-order chi connectivity index (χ1) is 7.04. The maximum Gasteiger partial charge on any atom is 0.241 e. The molecule has 0 heterocycles. The van der Waals surface area contributed by atoms with Crippen molar-refractivity contribution in [2.24, 2.45) is 5.73 Å². The van der Waals surface area contributed by atoms with Gasteiger partial charge in [-0.2, -0.15) is 0 Å². The minimum Gasteiger partial charge on any atom is -0.496 e. The van der Waals surface area contributed by atoms with Crippen LogP contribution in [0.4, 0.5) is 0 Å². The molecule has 1 rings (SSSR count). The van der Waals surface area contributed by atoms with Crippen LogP contribution in [-0.4, -0.2) is 13.0 Å². The standard InChI is InChI=1S/C12H15NO2/c1-8-7-11(15-3)9(2)6-10(8)4-5-12(13)14/h4-7H,1-3H3,(H2,13,14)/b5-4-. The highest BCUT2D eigenvalue weighted by atomic mass is 16.5. The van der Waals surface area contributed by atoms with E-state index in [4.69, 9.17) is 10.5 Å². The molecule has 0 aliphatic rings. The number of methoxy groups -OCH3 is 1. The van der Waals surface area contributed by atoms with E-state index < -0.39 is 5.91 Å². The third-order valence-electron chi connectivity index (χ3n) is 2.21. The molecular formula is C12H15NO2. The van der Waals surface area contributed by atoms with Gasteiger partial charge < -0.3 is 10.5 Å². The van der Waals surface area contributed by atoms with Crippen molar-refractivity contribution in [3.05, 3.63) is 34.9 Å². The normalized spacial score (nSPS) is 10.6. The molecule has 0 bridgehead atoms. The van der Waals surface area contributed by atoms with Crippen LogP contribution in [0, 0.1) is 13.8 Å². The molecule has 0 saturated heterocycles. The Kier molecular flexibility index (Phi) is 3.50. The number of ether oxygens (including phenoxy) is 1. The van der Waals surface area contributed by atoms with Crippen LogP contribution >= 0.6 is 0 Å². The molecule has 0 spiro atoms. The number of nitrogens with two attached hydrogens (primary N) is 1. The number of primary amides is 1. The number of rotatable bonds is 3. The van der Waals surface area contributed by atoms with Crippen molar-refractivity contribution in [3.63, 3.8) is 0 Å². The highest BCUT2D eigenvalue weighted by Crippen LogP contribution is 2.23. The van der Waals surface area contributed by atoms with Gasteiger partial charge in [0.25, 0.3) is 0 Å². The fourth-order valence-corrected chi connectivity index (χ4v) is 1.38. The van der Waals surface area contributed by atoms with Crippen molar-refractivity contribution in [1.29, 1.82) is 0 Å². The van der Waals surface area contributed by atoms with Gasteiger partial charge in [0.1, 0.15) is 5.75 Å². The molecule has 1 aromatic carbocycles. The van der Waals surface area contributed by atoms with Crippen molar-refractivity contribution in [2.45, 2.75) is 13.8 Å². The quantitative estimate of drug-likeness (QED) is 0.765. The van der Waals surface area contributed by atoms with Crippen molar-refractivity contribution in [2.75, 3.05) is 7.11 Å². The molecule has 0 aliphatic heterocycles. The number of benzene rings is 1. The first-order valence-corrected chi connectivity index (χ1v) is 4.67. The maximum absolute atomic E-state index is 10.6. The number of amides is 1. The second kappa shape index (κ2) is 4.64. The molecule has 0 fully saturated rings. The lowest BCUT2D eigenvalue weighted by Crippen LogP contribution is -2.05. The zero-order valence-electron chi connectivity index (χ0n) is 9.20. The first kappa shape index (κ1) is 11.3. The van der Waals surface area contributed by atoms with Crippen LogP contribution in [0.15, 0.2) is 18.2 Å². The van der Waals surface area contributed by atoms with Gasteiger partial charge in [0, 0.05) is 6.08 Å². The Morgan fingerprint density at radius 1 is 1.33 bits per heavy atom. The second-order valence-electron chi connectivity index (χ2n) is 3.41. The van der Waals surface area contributed by atoms with Crippen LogP contribution in [0.3, 0.4) is 0 Å². The average molecular weight is 205 g/mol. The summed E-state index contributed by atoms with van der Waals surface area (Å²) in [6, 6.07) is 3.91. The first-order valence-electron chi connectivity index (χ1n) is 4.67. The second-order valence-corrected chi connectivity index (χ2v) is 3.41. The Morgan fingerprint density at radius 3 is 2.53 bits per heavy atom. The fraction of sp³-hybridized carbons (Fsp3) is 0.250. The molecule has 3 nitrogen and oxygen atoms in total. The molecule has 0 saturated carbocycles. The Labute approximate surface area is 89.5 Å². The summed E-state index contributed by atoms with van der Waals surface area (Å²) in [5, 5.41) is 0. The molecule has 0 aliphatic carbocycles. The molecule has 2 N–H and O–H groups in total. The van der Waals surface area contributed by atoms with Crippen molar-refractivity contribution in [3.8, 4) is 5.75 Å². The van der Waals surface area contributed by atoms with Gasteiger partial charge in [-0.05, 0) is 48.7 Å². The molecule has 15 heavy (non-hydrogen) atoms. The van der Waals surface area contributed by atoms with Crippen molar-refractivity contribution < 1.29 is 9.53 Å². The predicted molar refractivity (Wildman–Crippen MR) is 60.7 cm³/mol. The number of carbonyl (C=O) groups is 1. The summed E-state index contributed by atoms with van der Waals surface area (Å²) in [6.45, 7) is 3.92. The molecule has 0 aromatic heterocycles. The van der Waals surface area contributed by atoms with Gasteiger partial charge in [0.15, 0.2) is 0 Å². The van der Waals surface area contributed by atoms with Gasteiger partial charge >= 0.3 is 0 Å². The Hall–Kier alpha value is -1.77. The Morgan fingerprint density at radius 2 is 2.00 bits per heavy atom. The summed E-state index contributed by atoms with van der Waals surface area (Å²) in [5.41, 5.74) is 8.10. The van der Waals surface area contributed by atoms with Crippen LogP contribution in [-0.2, 0) is 4.79 Å². The Balaban J connectivity index is 3.10. The third-order valence-corrected chi connectivity index (χ3v) is 2.21. The summed E-state index contributed by atoms with van der Waals surface area (Å²) in [4.78, 5) is 10.6. The molecule has 1 aromatic rings. The SMILES string of the molecule is COc1cc(C)c(/C=C\C(N)=O)cc1C. The lowest BCUT2D eigenvalue weighted by Gasteiger charge is -2.08. The number of hydrogen-bond donors (Lipinski definition) is 1. The third kappa shape index (κ3) is 2.84. The number of aryl methyl sites for hydroxylation is 2. The largest absolute Gasteiger partial charge is 0.496 e. The van der Waals surface area contributed by atoms with Crippen LogP contribution in [0.2, 0.25) is 0 Å². The van der Waals surface area contributed by atoms with Gasteiger partial charge in [-0.15, -0.1) is 0 Å². The molecule has 0 radical (unpaired) electrons. The summed E-state index contributed by atoms with van der Waals surface area (Å²) < 4.78 is 5.19. The highest BCUT2D eigenvalue weighted by Gasteiger charge is 2.02. The van der Waals surface area contributed by atoms with E-state index in [0.29, 0.717) is 0 Å². The molecule has 1 amide bonds. The summed E-state index contributed by atoms with van der Waals surface area (Å²) in [7, 11) is 1.64. The van der Waals surface area contributed by atoms with Crippen LogP contribution in [0.1, 0.15) is 16.7 Å². The molecule has 0 unspecified atom stereocenters. The van der Waals surface area contributed by atoms with Crippen LogP contribution < -0.4 is 10.5 Å². The van der Waals surface area contributed by atoms with E-state index in [-0.39, 0.29) is 0 Å². The molecule has 80 valence electrons. The van der Waals surface area contributed by atoms with Gasteiger partial charge in [-0.1, -0.05) is 0 Å². The van der Waals surface area contributed by atoms with E-state index in [1.165, 1.54) is 6.08 Å². The van der Waals surface area contributed by atoms with Gasteiger partial charge in [0.2, 0.25) is 5.91 Å². The summed E-state index contributed by atoms with van der Waals surface area (Å²) in [6.07, 6.45) is 3.07. The number of carbonyl (C=O) groups excluding carboxylic acids is 1. The van der Waals surface area contributed by atoms with Crippen LogP contribution in [0.5, 0.6) is 5.75 Å². The molecule has 0 atom stereocenters. The minimum atomic E-state index is -0.442. The smallest absolute Gasteiger partial charge is 0.241 e. The summed E-state index contributed by atoms with van der Waals surface area (Å²) >= 11 is 0. The van der Waals surface area contributed by atoms with Gasteiger partial charge in [0.05, 0.1) is 7.11 Å². The number of hydrogen-bond acceptors (Lipinski definition) is 2. The van der Waals surface area contributed by atoms with Gasteiger partial charge in [-0.25, -0.2) is 0 Å². The fourth-order valence-electron chi connectivity index (χ4n) is 1.38. The van der Waals surface area contributed by atoms with E-state index in [9.17, 15) is 4.79 Å². The summed E-state index contributed by atoms with van der Waals surface area (Å²) in [5.74, 6) is 0.409. The van der Waals surface area contributed by atoms with E-state index in [0.717, 1.165) is 22.4 Å². The van der Waals surface area contributed by atoms with E-state index >= 15 is 0 Å². The topological polar surface area (TPSA) is 52.3 Å². The monoisotopic (exact) mass is 205 g/mol. The van der Waals surface area contributed by atoms with E-state index in [1.54, 1.807) is 13.2 Å². The van der Waals surface area contributed by atoms with E-state index in [1.807, 2.05) is 26.0 Å². The predicted octanol–water partition coefficient (Wildman–Crippen LogP) is 1.81. The zero-order chi connectivity index (χ0) is 11.4.